The number of pyridine rings is 1. The standard InChI is InChI=1S/C20H18N2O2S2.2C18H13N3O2S.C18H13NO2S2.C17H12N4O2S.C17H12N2O3S/c1-11(2)22-10-13-7-12(3-5-15(13)20(22)24)18-6-4-14(26-18)8-16-17(23)9-19(25)21-16;22-16-14-6-5-12(8-13(14)9-19-16)11-3-1-10(2-4-11)7-15-17(23)21-18(24)20-15;22-16-14-5-4-12(8-13(14)9-19-16)11-3-1-2-10(6-11)7-15-17(23)21-18(24)20-15;20-16-4-2-11-5-10(1-3-14(11)16)12-6-13(23-9-12)7-15-17(21)8-18(22)19-15;22-15-13-4-2-9(5-11(13)8-19-15)10-1-3-12(18-7-10)6-14-16(23)21-17(24)20-14;20-14-7-16(21)19-13(14)6-11-2-4-15(23-11)9-1-3-12-10(5-9)8-18-17(12)22/h3-8,11H,9-10H2,1-2H3,(H,21,25);2*1-8H,9H2,(H,19,22)(H2,20,21,23,24);1,3,5-7,9H,2,4,8H2,(H,19,22);1-7H,8H2,(H,19,22)(H2,20,21,23,24);1-6H,7-8H2,(H,18,22)(H,19,21)/b16-8+;2*15-7-;15-7+;14-6-;13-6+. The number of thiocarbonyl (C=S) groups is 5. The summed E-state index contributed by atoms with van der Waals surface area (Å²) >= 11 is 29.6. The van der Waals surface area contributed by atoms with E-state index in [1.165, 1.54) is 11.3 Å². The van der Waals surface area contributed by atoms with Crippen molar-refractivity contribution in [2.75, 3.05) is 0 Å². The first kappa shape index (κ1) is 96.7. The minimum Gasteiger partial charge on any atom is -0.348 e. The molecular formula is C108H81N15O13S8. The van der Waals surface area contributed by atoms with Crippen molar-refractivity contribution in [3.05, 3.63) is 344 Å². The average molecular weight is 2050 g/mol. The summed E-state index contributed by atoms with van der Waals surface area (Å²) in [6.45, 7) is 6.99. The third-order valence-corrected chi connectivity index (χ3v) is 28.9. The van der Waals surface area contributed by atoms with Crippen molar-refractivity contribution in [1.29, 1.82) is 0 Å². The van der Waals surface area contributed by atoms with Crippen molar-refractivity contribution < 1.29 is 62.3 Å². The van der Waals surface area contributed by atoms with Crippen molar-refractivity contribution in [3.8, 4) is 65.4 Å². The number of nitrogens with one attached hydrogen (secondary N) is 13. The van der Waals surface area contributed by atoms with Crippen molar-refractivity contribution in [2.24, 2.45) is 0 Å². The number of carbonyl (C=O) groups excluding carboxylic acids is 13. The van der Waals surface area contributed by atoms with E-state index in [1.807, 2.05) is 213 Å². The number of nitrogens with zero attached hydrogens (tertiary/aromatic N) is 2. The highest BCUT2D eigenvalue weighted by atomic mass is 32.1. The Morgan fingerprint density at radius 3 is 1.21 bits per heavy atom. The summed E-state index contributed by atoms with van der Waals surface area (Å²) < 4.78 is 0. The van der Waals surface area contributed by atoms with Crippen molar-refractivity contribution in [1.82, 2.24) is 79.0 Å². The van der Waals surface area contributed by atoms with Gasteiger partial charge in [0.1, 0.15) is 17.1 Å². The lowest BCUT2D eigenvalue weighted by Crippen LogP contribution is -2.30. The van der Waals surface area contributed by atoms with Crippen molar-refractivity contribution >= 4 is 233 Å². The number of thiophene rings is 3. The van der Waals surface area contributed by atoms with Gasteiger partial charge in [0, 0.05) is 115 Å². The van der Waals surface area contributed by atoms with Crippen LogP contribution < -0.4 is 69.1 Å². The maximum atomic E-state index is 12.4. The molecule has 0 radical (unpaired) electrons. The number of ketones is 4. The Labute approximate surface area is 862 Å². The molecule has 0 unspecified atom stereocenters. The molecule has 8 aromatic carbocycles. The number of hydrogen-bond donors (Lipinski definition) is 13. The van der Waals surface area contributed by atoms with Gasteiger partial charge in [-0.2, -0.15) is 0 Å². The Kier molecular flexibility index (Phi) is 27.9. The van der Waals surface area contributed by atoms with Crippen molar-refractivity contribution in [3.63, 3.8) is 0 Å². The van der Waals surface area contributed by atoms with Crippen LogP contribution in [0.2, 0.25) is 0 Å². The fourth-order valence-corrected chi connectivity index (χ4v) is 21.2. The van der Waals surface area contributed by atoms with Crippen molar-refractivity contribution in [2.45, 2.75) is 84.7 Å². The molecular weight excluding hydrogens is 1970 g/mol. The normalized spacial score (nSPS) is 17.9. The third kappa shape index (κ3) is 21.8. The third-order valence-electron chi connectivity index (χ3n) is 24.7. The Morgan fingerprint density at radius 1 is 0.319 bits per heavy atom. The predicted octanol–water partition coefficient (Wildman–Crippen LogP) is 15.1. The van der Waals surface area contributed by atoms with Gasteiger partial charge in [0.15, 0.2) is 38.5 Å². The smallest absolute Gasteiger partial charge is 0.273 e. The first-order valence-corrected chi connectivity index (χ1v) is 49.9. The average Bonchev–Trinajstić information content (AvgIpc) is 1.60. The van der Waals surface area contributed by atoms with Gasteiger partial charge in [0.25, 0.3) is 47.3 Å². The molecule has 12 aliphatic rings. The zero-order valence-electron chi connectivity index (χ0n) is 76.3. The SMILES string of the molecule is CC(C)N1Cc2cc(-c3ccc(/C=C4/NC(=S)CC4=O)s3)ccc2C1=O.O=C1CC(=O)/C(=C\c2ccc(-c3ccc4c(c3)CNC4=O)s2)N1.O=C1CC(=S)N/C1=C/c1cc(-c2ccc3c(c2)CCC3=O)cs1.O=C1NC(=S)N/C1=C\c1ccc(-c2ccc3c(c2)CNC3=O)cc1.O=C1NC(=S)N/C1=C\c1ccc(-c2ccc3c(c2)CNC3=O)cn1.O=C1NC(=S)N/C1=C\c1cccc(-c2ccc3c(c2)CNC3=O)c1. The number of benzene rings is 8. The lowest BCUT2D eigenvalue weighted by Gasteiger charge is -2.19. The Bertz CT molecular complexity index is 7590. The number of aryl methyl sites for hydroxylation is 1. The second kappa shape index (κ2) is 41.5. The number of carbonyl (C=O) groups is 13. The summed E-state index contributed by atoms with van der Waals surface area (Å²) in [4.78, 5) is 165. The first-order chi connectivity index (χ1) is 69.4. The number of Topliss-reactive ketones (excluding diaryl/α,β-unsaturated/α-hetero) is 4. The summed E-state index contributed by atoms with van der Waals surface area (Å²) in [6.07, 6.45) is 14.3. The number of aromatic nitrogens is 1. The largest absolute Gasteiger partial charge is 0.348 e. The summed E-state index contributed by atoms with van der Waals surface area (Å²) in [5.41, 5.74) is 26.5. The molecule has 0 saturated carbocycles. The van der Waals surface area contributed by atoms with Crippen LogP contribution >= 0.6 is 95.1 Å². The van der Waals surface area contributed by atoms with Crippen LogP contribution in [0, 0.1) is 0 Å². The zero-order valence-corrected chi connectivity index (χ0v) is 82.8. The minimum absolute atomic E-state index is 0.0150. The van der Waals surface area contributed by atoms with E-state index in [2.05, 4.69) is 97.7 Å². The first-order valence-electron chi connectivity index (χ1n) is 45.3. The van der Waals surface area contributed by atoms with E-state index in [1.54, 1.807) is 53.2 Å². The molecule has 12 aromatic rings. The summed E-state index contributed by atoms with van der Waals surface area (Å²) in [5.74, 6) is -0.812. The van der Waals surface area contributed by atoms with Gasteiger partial charge < -0.3 is 58.1 Å². The zero-order chi connectivity index (χ0) is 100. The number of fused-ring (bicyclic) bond motifs is 6. The molecule has 36 heteroatoms. The van der Waals surface area contributed by atoms with E-state index in [-0.39, 0.29) is 88.8 Å². The molecule has 6 fully saturated rings. The van der Waals surface area contributed by atoms with E-state index < -0.39 is 0 Å². The van der Waals surface area contributed by atoms with Crippen LogP contribution in [0.5, 0.6) is 0 Å². The van der Waals surface area contributed by atoms with Crippen LogP contribution in [0.25, 0.3) is 102 Å². The number of amides is 9. The monoisotopic (exact) mass is 2050 g/mol. The molecule has 15 heterocycles. The molecule has 9 amide bonds. The van der Waals surface area contributed by atoms with Gasteiger partial charge in [-0.05, 0) is 296 Å². The molecule has 0 spiro atoms. The van der Waals surface area contributed by atoms with Crippen LogP contribution in [0.15, 0.2) is 246 Å². The fourth-order valence-electron chi connectivity index (χ4n) is 17.4. The fraction of sp³-hybridized carbons (Fsp3) is 0.120. The van der Waals surface area contributed by atoms with E-state index >= 15 is 0 Å². The van der Waals surface area contributed by atoms with E-state index in [4.69, 9.17) is 61.1 Å². The molecule has 0 bridgehead atoms. The Morgan fingerprint density at radius 2 is 0.736 bits per heavy atom. The molecule has 144 heavy (non-hydrogen) atoms. The predicted molar refractivity (Wildman–Crippen MR) is 573 cm³/mol. The Balaban J connectivity index is 0.000000109. The van der Waals surface area contributed by atoms with Crippen LogP contribution in [0.3, 0.4) is 0 Å². The van der Waals surface area contributed by atoms with Gasteiger partial charge in [0.05, 0.1) is 52.0 Å². The molecule has 11 aliphatic heterocycles. The van der Waals surface area contributed by atoms with Crippen LogP contribution in [0.1, 0.15) is 167 Å². The highest BCUT2D eigenvalue weighted by molar-refractivity contribution is 7.81. The molecule has 6 saturated heterocycles. The number of hydrogen-bond acceptors (Lipinski definition) is 22. The van der Waals surface area contributed by atoms with Crippen LogP contribution in [-0.2, 0) is 72.7 Å². The quantitative estimate of drug-likeness (QED) is 0.0290. The van der Waals surface area contributed by atoms with Gasteiger partial charge in [-0.1, -0.05) is 121 Å². The van der Waals surface area contributed by atoms with E-state index in [0.29, 0.717) is 117 Å². The highest BCUT2D eigenvalue weighted by Gasteiger charge is 2.33. The van der Waals surface area contributed by atoms with Crippen LogP contribution in [-0.4, -0.2) is 118 Å². The molecule has 0 atom stereocenters. The molecule has 24 rings (SSSR count). The summed E-state index contributed by atoms with van der Waals surface area (Å²) in [6, 6.07) is 64.9. The summed E-state index contributed by atoms with van der Waals surface area (Å²) in [7, 11) is 0. The van der Waals surface area contributed by atoms with Gasteiger partial charge in [-0.15, -0.1) is 34.0 Å². The second-order valence-corrected chi connectivity index (χ2v) is 40.2. The topological polar surface area (TPSA) is 394 Å². The molecule has 4 aromatic heterocycles. The lowest BCUT2D eigenvalue weighted by molar-refractivity contribution is -0.122. The maximum Gasteiger partial charge on any atom is 0.273 e. The Hall–Kier alpha value is -16.2. The number of rotatable bonds is 13. The van der Waals surface area contributed by atoms with E-state index in [9.17, 15) is 62.3 Å². The molecule has 13 N–H and O–H groups in total. The maximum absolute atomic E-state index is 12.4. The molecule has 714 valence electrons. The van der Waals surface area contributed by atoms with Gasteiger partial charge in [0.2, 0.25) is 5.91 Å². The van der Waals surface area contributed by atoms with Gasteiger partial charge in [-0.25, -0.2) is 0 Å². The molecule has 28 nitrogen and oxygen atoms in total. The minimum atomic E-state index is -0.262. The van der Waals surface area contributed by atoms with E-state index in [0.717, 1.165) is 164 Å². The van der Waals surface area contributed by atoms with Gasteiger partial charge >= 0.3 is 0 Å². The lowest BCUT2D eigenvalue weighted by atomic mass is 9.99. The highest BCUT2D eigenvalue weighted by Crippen LogP contribution is 2.39. The summed E-state index contributed by atoms with van der Waals surface area (Å²) in [5, 5.41) is 38.8. The van der Waals surface area contributed by atoms with Crippen LogP contribution in [0.4, 0.5) is 0 Å². The second-order valence-electron chi connectivity index (χ2n) is 34.8. The molecule has 1 aliphatic carbocycles. The van der Waals surface area contributed by atoms with Gasteiger partial charge in [-0.3, -0.25) is 83.3 Å². The number of allylic oxidation sites excluding steroid dienone is 3.